The van der Waals surface area contributed by atoms with E-state index in [-0.39, 0.29) is 24.4 Å². The Bertz CT molecular complexity index is 1480. The molecule has 12 nitrogen and oxygen atoms in total. The lowest BCUT2D eigenvalue weighted by molar-refractivity contribution is -0.132. The van der Waals surface area contributed by atoms with Crippen LogP contribution in [0.15, 0.2) is 78.9 Å². The van der Waals surface area contributed by atoms with E-state index in [4.69, 9.17) is 5.11 Å². The first-order valence-corrected chi connectivity index (χ1v) is 15.3. The summed E-state index contributed by atoms with van der Waals surface area (Å²) < 4.78 is 13.3. The molecule has 3 aromatic carbocycles. The molecule has 0 saturated carbocycles. The van der Waals surface area contributed by atoms with E-state index in [1.165, 1.54) is 24.3 Å². The minimum Gasteiger partial charge on any atom is -0.394 e. The molecule has 47 heavy (non-hydrogen) atoms. The number of rotatable bonds is 16. The van der Waals surface area contributed by atoms with Gasteiger partial charge in [-0.1, -0.05) is 54.6 Å². The van der Waals surface area contributed by atoms with E-state index < -0.39 is 67.7 Å². The summed E-state index contributed by atoms with van der Waals surface area (Å²) >= 11 is 0. The van der Waals surface area contributed by atoms with E-state index in [9.17, 15) is 44.3 Å². The second kappa shape index (κ2) is 16.5. The highest BCUT2D eigenvalue weighted by molar-refractivity contribution is 6.03. The number of anilines is 1. The minimum absolute atomic E-state index is 0.0889. The van der Waals surface area contributed by atoms with Gasteiger partial charge < -0.3 is 46.2 Å². The lowest BCUT2D eigenvalue weighted by atomic mass is 9.78. The Morgan fingerprint density at radius 3 is 2.06 bits per heavy atom. The van der Waals surface area contributed by atoms with E-state index in [0.717, 1.165) is 5.56 Å². The fourth-order valence-electron chi connectivity index (χ4n) is 5.49. The highest BCUT2D eigenvalue weighted by Crippen LogP contribution is 2.46. The molecule has 3 aromatic rings. The molecule has 0 bridgehead atoms. The predicted molar refractivity (Wildman–Crippen MR) is 168 cm³/mol. The molecule has 1 aliphatic heterocycles. The van der Waals surface area contributed by atoms with E-state index in [1.54, 1.807) is 29.2 Å². The maximum Gasteiger partial charge on any atom is 0.233 e. The average molecular weight is 654 g/mol. The van der Waals surface area contributed by atoms with Gasteiger partial charge >= 0.3 is 0 Å². The molecule has 3 amide bonds. The number of aliphatic hydroxyl groups is 6. The summed E-state index contributed by atoms with van der Waals surface area (Å²) in [6, 6.07) is 22.0. The largest absolute Gasteiger partial charge is 0.394 e. The number of carbonyl (C=O) groups excluding carboxylic acids is 3. The molecule has 0 aromatic heterocycles. The van der Waals surface area contributed by atoms with Crippen molar-refractivity contribution in [1.82, 2.24) is 10.6 Å². The SMILES string of the molecule is O=C(CC(=O)NCC(O)C(O)C(O)C(O)CO)NCc1ccc(N2C(=O)C(CCC(O)c3ccc(F)cc3)C2c2ccccc2)cc1. The molecule has 1 saturated heterocycles. The van der Waals surface area contributed by atoms with Crippen LogP contribution in [0.3, 0.4) is 0 Å². The molecular weight excluding hydrogens is 613 g/mol. The van der Waals surface area contributed by atoms with Crippen LogP contribution in [-0.4, -0.2) is 85.9 Å². The van der Waals surface area contributed by atoms with Crippen molar-refractivity contribution < 1.29 is 49.4 Å². The number of β-lactam (4-membered cyclic amide) rings is 1. The summed E-state index contributed by atoms with van der Waals surface area (Å²) in [7, 11) is 0. The highest BCUT2D eigenvalue weighted by Gasteiger charge is 2.48. The second-order valence-corrected chi connectivity index (χ2v) is 11.5. The zero-order valence-electron chi connectivity index (χ0n) is 25.5. The van der Waals surface area contributed by atoms with Crippen LogP contribution in [-0.2, 0) is 20.9 Å². The molecule has 7 unspecified atom stereocenters. The first-order chi connectivity index (χ1) is 22.5. The smallest absolute Gasteiger partial charge is 0.233 e. The number of aliphatic hydroxyl groups excluding tert-OH is 6. The molecule has 1 aliphatic rings. The van der Waals surface area contributed by atoms with Crippen molar-refractivity contribution in [3.8, 4) is 0 Å². The molecule has 0 radical (unpaired) electrons. The minimum atomic E-state index is -1.84. The molecule has 8 N–H and O–H groups in total. The lowest BCUT2D eigenvalue weighted by Crippen LogP contribution is -2.55. The summed E-state index contributed by atoms with van der Waals surface area (Å²) in [6.07, 6.45) is -7.64. The van der Waals surface area contributed by atoms with Gasteiger partial charge in [-0.3, -0.25) is 14.4 Å². The molecule has 1 fully saturated rings. The van der Waals surface area contributed by atoms with Crippen molar-refractivity contribution >= 4 is 23.4 Å². The monoisotopic (exact) mass is 653 g/mol. The van der Waals surface area contributed by atoms with Gasteiger partial charge in [0.05, 0.1) is 30.8 Å². The zero-order valence-corrected chi connectivity index (χ0v) is 25.5. The molecule has 4 rings (SSSR count). The zero-order chi connectivity index (χ0) is 34.1. The van der Waals surface area contributed by atoms with E-state index in [2.05, 4.69) is 10.6 Å². The predicted octanol–water partition coefficient (Wildman–Crippen LogP) is 0.602. The normalized spacial score (nSPS) is 19.2. The Morgan fingerprint density at radius 2 is 1.43 bits per heavy atom. The van der Waals surface area contributed by atoms with E-state index in [0.29, 0.717) is 29.7 Å². The van der Waals surface area contributed by atoms with Gasteiger partial charge in [0, 0.05) is 18.8 Å². The number of nitrogens with one attached hydrogen (secondary N) is 2. The molecular formula is C34H40FN3O9. The highest BCUT2D eigenvalue weighted by atomic mass is 19.1. The number of benzene rings is 3. The molecule has 7 atom stereocenters. The number of nitrogens with zero attached hydrogens (tertiary/aromatic N) is 1. The van der Waals surface area contributed by atoms with Crippen LogP contribution < -0.4 is 15.5 Å². The van der Waals surface area contributed by atoms with Crippen molar-refractivity contribution in [2.45, 2.75) is 62.4 Å². The summed E-state index contributed by atoms with van der Waals surface area (Å²) in [5.74, 6) is -2.19. The average Bonchev–Trinajstić information content (AvgIpc) is 3.08. The van der Waals surface area contributed by atoms with Crippen molar-refractivity contribution in [3.05, 3.63) is 101 Å². The Hall–Kier alpha value is -4.24. The maximum atomic E-state index is 13.4. The van der Waals surface area contributed by atoms with Crippen molar-refractivity contribution in [2.75, 3.05) is 18.1 Å². The fourth-order valence-corrected chi connectivity index (χ4v) is 5.49. The van der Waals surface area contributed by atoms with Gasteiger partial charge in [-0.25, -0.2) is 4.39 Å². The van der Waals surface area contributed by atoms with Crippen LogP contribution in [0.1, 0.15) is 48.1 Å². The van der Waals surface area contributed by atoms with Crippen molar-refractivity contribution in [2.24, 2.45) is 5.92 Å². The first-order valence-electron chi connectivity index (χ1n) is 15.3. The van der Waals surface area contributed by atoms with Gasteiger partial charge in [-0.2, -0.15) is 0 Å². The van der Waals surface area contributed by atoms with Crippen LogP contribution in [0.2, 0.25) is 0 Å². The van der Waals surface area contributed by atoms with Crippen LogP contribution in [0.5, 0.6) is 0 Å². The topological polar surface area (TPSA) is 200 Å². The van der Waals surface area contributed by atoms with Gasteiger partial charge in [0.1, 0.15) is 30.5 Å². The summed E-state index contributed by atoms with van der Waals surface area (Å²) in [5.41, 5.74) is 2.90. The van der Waals surface area contributed by atoms with Crippen LogP contribution >= 0.6 is 0 Å². The summed E-state index contributed by atoms with van der Waals surface area (Å²) in [4.78, 5) is 39.5. The van der Waals surface area contributed by atoms with Gasteiger partial charge in [0.15, 0.2) is 0 Å². The summed E-state index contributed by atoms with van der Waals surface area (Å²) in [5, 5.41) is 63.1. The quantitative estimate of drug-likeness (QED) is 0.0806. The van der Waals surface area contributed by atoms with Crippen LogP contribution in [0, 0.1) is 11.7 Å². The Kier molecular flexibility index (Phi) is 12.5. The third-order valence-corrected chi connectivity index (χ3v) is 8.22. The van der Waals surface area contributed by atoms with Crippen LogP contribution in [0.25, 0.3) is 0 Å². The van der Waals surface area contributed by atoms with Crippen molar-refractivity contribution in [1.29, 1.82) is 0 Å². The summed E-state index contributed by atoms with van der Waals surface area (Å²) in [6.45, 7) is -1.24. The second-order valence-electron chi connectivity index (χ2n) is 11.5. The van der Waals surface area contributed by atoms with Gasteiger partial charge in [-0.15, -0.1) is 0 Å². The van der Waals surface area contributed by atoms with Crippen LogP contribution in [0.4, 0.5) is 10.1 Å². The Labute approximate surface area is 271 Å². The van der Waals surface area contributed by atoms with Gasteiger partial charge in [0.25, 0.3) is 0 Å². The number of hydrogen-bond acceptors (Lipinski definition) is 9. The number of halogens is 1. The molecule has 252 valence electrons. The molecule has 13 heteroatoms. The van der Waals surface area contributed by atoms with E-state index >= 15 is 0 Å². The Morgan fingerprint density at radius 1 is 0.809 bits per heavy atom. The standard InChI is InChI=1S/C34H40FN3O9/c35-23-10-8-21(9-11-23)26(40)15-14-25-31(22-4-2-1-3-5-22)38(34(25)47)24-12-6-20(7-13-24)17-36-29(43)16-30(44)37-18-27(41)32(45)33(46)28(42)19-39/h1-13,25-28,31-33,39-42,45-46H,14-19H2,(H,36,43)(H,37,44). The Balaban J connectivity index is 1.29. The number of hydrogen-bond donors (Lipinski definition) is 8. The third-order valence-electron chi connectivity index (χ3n) is 8.22. The maximum absolute atomic E-state index is 13.4. The van der Waals surface area contributed by atoms with E-state index in [1.807, 2.05) is 30.3 Å². The fraction of sp³-hybridized carbons (Fsp3) is 0.382. The molecule has 0 spiro atoms. The molecule has 1 heterocycles. The molecule has 0 aliphatic carbocycles. The third kappa shape index (κ3) is 9.19. The lowest BCUT2D eigenvalue weighted by Gasteiger charge is -2.48. The van der Waals surface area contributed by atoms with Gasteiger partial charge in [-0.05, 0) is 53.8 Å². The van der Waals surface area contributed by atoms with Crippen molar-refractivity contribution in [3.63, 3.8) is 0 Å². The number of amides is 3. The van der Waals surface area contributed by atoms with Gasteiger partial charge in [0.2, 0.25) is 17.7 Å². The first kappa shape index (κ1) is 35.6. The number of carbonyl (C=O) groups is 3.